The third-order valence-electron chi connectivity index (χ3n) is 0.935. The largest absolute Gasteiger partial charge is 0.693 e. The Kier molecular flexibility index (Phi) is 4.07. The van der Waals surface area contributed by atoms with Crippen molar-refractivity contribution in [2.45, 2.75) is 27.2 Å². The van der Waals surface area contributed by atoms with Crippen LogP contribution in [0, 0.1) is 5.41 Å². The topological polar surface area (TPSA) is 12.4 Å². The Balaban J connectivity index is 3.97. The summed E-state index contributed by atoms with van der Waals surface area (Å²) in [5.74, 6) is 0. The standard InChI is InChI=1S/C6H12BF2NS/c1-6(2,3)4-5(11)10-7(8)9/h4H2,1-3H3,(H,10,11). The molecule has 5 heteroatoms. The fourth-order valence-electron chi connectivity index (χ4n) is 0.633. The quantitative estimate of drug-likeness (QED) is 0.289. The van der Waals surface area contributed by atoms with Gasteiger partial charge in [-0.3, -0.25) is 13.5 Å². The average Bonchev–Trinajstić information content (AvgIpc) is 1.53. The molecule has 0 amide bonds. The van der Waals surface area contributed by atoms with Crippen LogP contribution >= 0.6 is 12.6 Å². The van der Waals surface area contributed by atoms with E-state index in [2.05, 4.69) is 17.5 Å². The molecule has 11 heavy (non-hydrogen) atoms. The maximum absolute atomic E-state index is 11.6. The highest BCUT2D eigenvalue weighted by Gasteiger charge is 2.16. The molecule has 0 fully saturated rings. The van der Waals surface area contributed by atoms with Crippen molar-refractivity contribution in [1.82, 2.24) is 0 Å². The van der Waals surface area contributed by atoms with Crippen LogP contribution in [0.15, 0.2) is 4.90 Å². The molecule has 0 saturated heterocycles. The number of halogens is 2. The molecule has 0 aliphatic rings. The Hall–Kier alpha value is -0.0551. The van der Waals surface area contributed by atoms with Crippen molar-refractivity contribution in [3.63, 3.8) is 0 Å². The molecule has 0 aliphatic heterocycles. The van der Waals surface area contributed by atoms with Gasteiger partial charge in [0.15, 0.2) is 0 Å². The summed E-state index contributed by atoms with van der Waals surface area (Å²) in [6.45, 7) is 5.85. The summed E-state index contributed by atoms with van der Waals surface area (Å²) in [6, 6.07) is 0. The molecule has 0 aromatic carbocycles. The maximum atomic E-state index is 11.6. The van der Waals surface area contributed by atoms with Gasteiger partial charge in [-0.05, 0) is 11.8 Å². The Labute approximate surface area is 71.9 Å². The first-order valence-corrected chi connectivity index (χ1v) is 3.80. The van der Waals surface area contributed by atoms with E-state index < -0.39 is 7.40 Å². The van der Waals surface area contributed by atoms with Gasteiger partial charge in [-0.1, -0.05) is 20.8 Å². The molecule has 0 aromatic heterocycles. The minimum absolute atomic E-state index is 0.0323. The molecule has 0 bridgehead atoms. The van der Waals surface area contributed by atoms with Crippen LogP contribution in [-0.2, 0) is 0 Å². The molecule has 0 aliphatic carbocycles. The SMILES string of the molecule is CC(C)(C)C/C(S)=N\B(F)F. The molecule has 0 N–H and O–H groups in total. The summed E-state index contributed by atoms with van der Waals surface area (Å²) in [7, 11) is -2.63. The van der Waals surface area contributed by atoms with Crippen molar-refractivity contribution in [2.24, 2.45) is 10.3 Å². The Morgan fingerprint density at radius 1 is 1.45 bits per heavy atom. The first kappa shape index (κ1) is 10.9. The summed E-state index contributed by atoms with van der Waals surface area (Å²) in [6.07, 6.45) is 0.487. The second-order valence-corrected chi connectivity index (χ2v) is 4.08. The van der Waals surface area contributed by atoms with Gasteiger partial charge in [-0.15, -0.1) is 12.6 Å². The second-order valence-electron chi connectivity index (χ2n) is 3.56. The van der Waals surface area contributed by atoms with Crippen LogP contribution in [0.4, 0.5) is 8.63 Å². The van der Waals surface area contributed by atoms with Crippen LogP contribution in [0.25, 0.3) is 0 Å². The van der Waals surface area contributed by atoms with Crippen LogP contribution in [-0.4, -0.2) is 12.4 Å². The molecule has 64 valence electrons. The van der Waals surface area contributed by atoms with Gasteiger partial charge >= 0.3 is 7.40 Å². The third-order valence-corrected chi connectivity index (χ3v) is 1.21. The molecule has 0 atom stereocenters. The lowest BCUT2D eigenvalue weighted by molar-refractivity contribution is 0.436. The van der Waals surface area contributed by atoms with E-state index in [0.29, 0.717) is 6.42 Å². The van der Waals surface area contributed by atoms with E-state index in [-0.39, 0.29) is 10.5 Å². The summed E-state index contributed by atoms with van der Waals surface area (Å²) >= 11 is 3.83. The normalized spacial score (nSPS) is 13.5. The van der Waals surface area contributed by atoms with E-state index in [1.807, 2.05) is 20.8 Å². The fraction of sp³-hybridized carbons (Fsp3) is 0.833. The summed E-state index contributed by atoms with van der Waals surface area (Å²) in [4.78, 5) is 3.01. The monoisotopic (exact) mass is 179 g/mol. The van der Waals surface area contributed by atoms with Crippen LogP contribution in [0.3, 0.4) is 0 Å². The zero-order valence-corrected chi connectivity index (χ0v) is 7.83. The number of thiol groups is 1. The van der Waals surface area contributed by atoms with Crippen molar-refractivity contribution < 1.29 is 8.63 Å². The van der Waals surface area contributed by atoms with Gasteiger partial charge in [0, 0.05) is 0 Å². The molecule has 0 heterocycles. The first-order valence-electron chi connectivity index (χ1n) is 3.35. The number of rotatable bonds is 2. The van der Waals surface area contributed by atoms with Crippen molar-refractivity contribution in [3.8, 4) is 0 Å². The summed E-state index contributed by atoms with van der Waals surface area (Å²) in [5, 5.41) is 0.215. The molecule has 1 nitrogen and oxygen atoms in total. The van der Waals surface area contributed by atoms with Gasteiger partial charge in [-0.2, -0.15) is 0 Å². The number of hydrogen-bond acceptors (Lipinski definition) is 1. The van der Waals surface area contributed by atoms with Gasteiger partial charge in [0.1, 0.15) is 0 Å². The molecular formula is C6H12BF2NS. The van der Waals surface area contributed by atoms with Gasteiger partial charge < -0.3 is 0 Å². The predicted molar refractivity (Wildman–Crippen MR) is 48.5 cm³/mol. The highest BCUT2D eigenvalue weighted by atomic mass is 32.1. The number of hydrogen-bond donors (Lipinski definition) is 1. The van der Waals surface area contributed by atoms with Gasteiger partial charge in [-0.25, -0.2) is 0 Å². The molecule has 0 unspecified atom stereocenters. The summed E-state index contributed by atoms with van der Waals surface area (Å²) < 4.78 is 23.2. The zero-order chi connectivity index (χ0) is 9.07. The van der Waals surface area contributed by atoms with Crippen molar-refractivity contribution in [2.75, 3.05) is 0 Å². The summed E-state index contributed by atoms with van der Waals surface area (Å²) in [5.41, 5.74) is -0.0323. The third kappa shape index (κ3) is 7.85. The minimum Gasteiger partial charge on any atom is -0.270 e. The smallest absolute Gasteiger partial charge is 0.270 e. The van der Waals surface area contributed by atoms with Crippen molar-refractivity contribution >= 4 is 25.1 Å². The minimum atomic E-state index is -2.63. The van der Waals surface area contributed by atoms with E-state index in [1.54, 1.807) is 0 Å². The van der Waals surface area contributed by atoms with Crippen LogP contribution in [0.5, 0.6) is 0 Å². The highest BCUT2D eigenvalue weighted by molar-refractivity contribution is 7.97. The van der Waals surface area contributed by atoms with Crippen LogP contribution in [0.2, 0.25) is 0 Å². The lowest BCUT2D eigenvalue weighted by atomic mass is 9.93. The molecule has 0 radical (unpaired) electrons. The Morgan fingerprint density at radius 3 is 2.18 bits per heavy atom. The lowest BCUT2D eigenvalue weighted by Gasteiger charge is -2.16. The first-order chi connectivity index (χ1) is 4.81. The predicted octanol–water partition coefficient (Wildman–Crippen LogP) is 2.67. The molecule has 0 rings (SSSR count). The highest BCUT2D eigenvalue weighted by Crippen LogP contribution is 2.20. The second kappa shape index (κ2) is 4.09. The lowest BCUT2D eigenvalue weighted by Crippen LogP contribution is -2.10. The van der Waals surface area contributed by atoms with Crippen LogP contribution in [0.1, 0.15) is 27.2 Å². The van der Waals surface area contributed by atoms with E-state index in [4.69, 9.17) is 0 Å². The average molecular weight is 179 g/mol. The van der Waals surface area contributed by atoms with E-state index >= 15 is 0 Å². The van der Waals surface area contributed by atoms with Crippen molar-refractivity contribution in [1.29, 1.82) is 0 Å². The van der Waals surface area contributed by atoms with E-state index in [0.717, 1.165) is 0 Å². The van der Waals surface area contributed by atoms with E-state index in [1.165, 1.54) is 0 Å². The fourth-order valence-corrected chi connectivity index (χ4v) is 1.19. The Bertz CT molecular complexity index is 153. The van der Waals surface area contributed by atoms with Gasteiger partial charge in [0.2, 0.25) is 0 Å². The maximum Gasteiger partial charge on any atom is 0.693 e. The van der Waals surface area contributed by atoms with Gasteiger partial charge in [0.05, 0.1) is 5.04 Å². The molecule has 0 spiro atoms. The zero-order valence-electron chi connectivity index (χ0n) is 6.93. The molecule has 0 saturated carbocycles. The Morgan fingerprint density at radius 2 is 1.91 bits per heavy atom. The van der Waals surface area contributed by atoms with Gasteiger partial charge in [0.25, 0.3) is 0 Å². The molecular weight excluding hydrogens is 167 g/mol. The molecule has 0 aromatic rings. The van der Waals surface area contributed by atoms with Crippen molar-refractivity contribution in [3.05, 3.63) is 0 Å². The number of nitrogens with zero attached hydrogens (tertiary/aromatic N) is 1. The van der Waals surface area contributed by atoms with E-state index in [9.17, 15) is 8.63 Å². The van der Waals surface area contributed by atoms with Crippen LogP contribution < -0.4 is 0 Å².